The van der Waals surface area contributed by atoms with Gasteiger partial charge in [-0.15, -0.1) is 22.7 Å². The standard InChI is InChI=1S/C19H22N2OS2/c1-14(2)22-16-7-5-15(6-8-16)13-21-18(19-20-9-11-24-19)12-17-4-3-10-23-17/h3-11,14,18,21H,12-13H2,1-2H3/t18-/m0/s1. The lowest BCUT2D eigenvalue weighted by molar-refractivity contribution is 0.242. The van der Waals surface area contributed by atoms with Crippen LogP contribution in [0.3, 0.4) is 0 Å². The van der Waals surface area contributed by atoms with Gasteiger partial charge < -0.3 is 10.1 Å². The van der Waals surface area contributed by atoms with E-state index in [4.69, 9.17) is 4.74 Å². The largest absolute Gasteiger partial charge is 0.491 e. The molecule has 0 saturated carbocycles. The van der Waals surface area contributed by atoms with Crippen LogP contribution in [0.5, 0.6) is 5.75 Å². The fourth-order valence-corrected chi connectivity index (χ4v) is 3.95. The zero-order chi connectivity index (χ0) is 16.8. The van der Waals surface area contributed by atoms with Crippen molar-refractivity contribution in [3.8, 4) is 5.75 Å². The van der Waals surface area contributed by atoms with Crippen molar-refractivity contribution in [2.75, 3.05) is 0 Å². The van der Waals surface area contributed by atoms with E-state index in [9.17, 15) is 0 Å². The number of ether oxygens (including phenoxy) is 1. The third kappa shape index (κ3) is 4.90. The molecule has 2 aromatic heterocycles. The molecule has 0 fully saturated rings. The molecule has 0 aliphatic rings. The third-order valence-corrected chi connectivity index (χ3v) is 5.37. The SMILES string of the molecule is CC(C)Oc1ccc(CN[C@@H](Cc2cccs2)c2nccs2)cc1. The van der Waals surface area contributed by atoms with E-state index in [1.807, 2.05) is 37.6 Å². The first-order valence-corrected chi connectivity index (χ1v) is 9.87. The second-order valence-electron chi connectivity index (χ2n) is 5.90. The maximum Gasteiger partial charge on any atom is 0.119 e. The van der Waals surface area contributed by atoms with E-state index in [0.717, 1.165) is 23.7 Å². The molecule has 0 bridgehead atoms. The quantitative estimate of drug-likeness (QED) is 0.611. The lowest BCUT2D eigenvalue weighted by atomic mass is 10.1. The van der Waals surface area contributed by atoms with E-state index < -0.39 is 0 Å². The molecule has 1 N–H and O–H groups in total. The Hall–Kier alpha value is -1.69. The molecule has 0 spiro atoms. The van der Waals surface area contributed by atoms with E-state index in [1.54, 1.807) is 22.7 Å². The van der Waals surface area contributed by atoms with E-state index in [2.05, 4.69) is 39.9 Å². The van der Waals surface area contributed by atoms with Crippen molar-refractivity contribution in [3.05, 3.63) is 68.8 Å². The van der Waals surface area contributed by atoms with Crippen LogP contribution in [0.15, 0.2) is 53.4 Å². The van der Waals surface area contributed by atoms with Gasteiger partial charge in [0.2, 0.25) is 0 Å². The molecule has 3 nitrogen and oxygen atoms in total. The molecule has 126 valence electrons. The molecule has 3 aromatic rings. The minimum atomic E-state index is 0.203. The summed E-state index contributed by atoms with van der Waals surface area (Å²) in [6.07, 6.45) is 3.05. The molecule has 3 rings (SSSR count). The summed E-state index contributed by atoms with van der Waals surface area (Å²) in [7, 11) is 0. The molecule has 0 saturated heterocycles. The van der Waals surface area contributed by atoms with Gasteiger partial charge in [-0.05, 0) is 43.0 Å². The summed E-state index contributed by atoms with van der Waals surface area (Å²) in [6.45, 7) is 4.90. The van der Waals surface area contributed by atoms with Gasteiger partial charge >= 0.3 is 0 Å². The van der Waals surface area contributed by atoms with Crippen molar-refractivity contribution in [2.45, 2.75) is 39.0 Å². The van der Waals surface area contributed by atoms with E-state index in [-0.39, 0.29) is 12.1 Å². The Morgan fingerprint density at radius 3 is 2.54 bits per heavy atom. The topological polar surface area (TPSA) is 34.1 Å². The fourth-order valence-electron chi connectivity index (χ4n) is 2.48. The number of aromatic nitrogens is 1. The van der Waals surface area contributed by atoms with Crippen LogP contribution in [-0.2, 0) is 13.0 Å². The Labute approximate surface area is 151 Å². The Bertz CT molecular complexity index is 706. The molecule has 0 amide bonds. The van der Waals surface area contributed by atoms with Gasteiger partial charge in [-0.3, -0.25) is 0 Å². The highest BCUT2D eigenvalue weighted by Crippen LogP contribution is 2.23. The molecular formula is C19H22N2OS2. The highest BCUT2D eigenvalue weighted by molar-refractivity contribution is 7.10. The Kier molecular flexibility index (Phi) is 6.01. The summed E-state index contributed by atoms with van der Waals surface area (Å²) in [6, 6.07) is 12.8. The number of hydrogen-bond acceptors (Lipinski definition) is 5. The van der Waals surface area contributed by atoms with Gasteiger partial charge in [0.1, 0.15) is 10.8 Å². The molecule has 2 heterocycles. The normalized spacial score (nSPS) is 12.5. The zero-order valence-electron chi connectivity index (χ0n) is 13.9. The number of rotatable bonds is 8. The number of thiophene rings is 1. The average Bonchev–Trinajstić information content (AvgIpc) is 3.26. The number of hydrogen-bond donors (Lipinski definition) is 1. The van der Waals surface area contributed by atoms with E-state index in [0.29, 0.717) is 0 Å². The second-order valence-corrected chi connectivity index (χ2v) is 7.86. The minimum Gasteiger partial charge on any atom is -0.491 e. The van der Waals surface area contributed by atoms with Crippen LogP contribution in [0.4, 0.5) is 0 Å². The summed E-state index contributed by atoms with van der Waals surface area (Å²) in [5, 5.41) is 8.96. The first-order valence-electron chi connectivity index (χ1n) is 8.11. The molecule has 0 unspecified atom stereocenters. The number of nitrogens with one attached hydrogen (secondary N) is 1. The number of nitrogens with zero attached hydrogens (tertiary/aromatic N) is 1. The van der Waals surface area contributed by atoms with Gasteiger partial charge in [0.25, 0.3) is 0 Å². The van der Waals surface area contributed by atoms with Crippen LogP contribution in [0, 0.1) is 0 Å². The maximum atomic E-state index is 5.70. The van der Waals surface area contributed by atoms with Crippen LogP contribution in [0.2, 0.25) is 0 Å². The predicted octanol–water partition coefficient (Wildman–Crippen LogP) is 5.07. The molecule has 1 aromatic carbocycles. The molecule has 0 aliphatic carbocycles. The summed E-state index contributed by atoms with van der Waals surface area (Å²) >= 11 is 3.51. The van der Waals surface area contributed by atoms with Crippen molar-refractivity contribution in [1.82, 2.24) is 10.3 Å². The smallest absolute Gasteiger partial charge is 0.119 e. The first kappa shape index (κ1) is 17.1. The van der Waals surface area contributed by atoms with E-state index in [1.165, 1.54) is 10.4 Å². The number of benzene rings is 1. The zero-order valence-corrected chi connectivity index (χ0v) is 15.6. The fraction of sp³-hybridized carbons (Fsp3) is 0.316. The summed E-state index contributed by atoms with van der Waals surface area (Å²) in [5.41, 5.74) is 1.25. The van der Waals surface area contributed by atoms with Crippen molar-refractivity contribution in [3.63, 3.8) is 0 Å². The van der Waals surface area contributed by atoms with Crippen LogP contribution >= 0.6 is 22.7 Å². The van der Waals surface area contributed by atoms with Crippen LogP contribution < -0.4 is 10.1 Å². The monoisotopic (exact) mass is 358 g/mol. The van der Waals surface area contributed by atoms with Gasteiger partial charge in [-0.2, -0.15) is 0 Å². The highest BCUT2D eigenvalue weighted by Gasteiger charge is 2.15. The Balaban J connectivity index is 1.63. The molecule has 24 heavy (non-hydrogen) atoms. The van der Waals surface area contributed by atoms with Crippen LogP contribution in [-0.4, -0.2) is 11.1 Å². The third-order valence-electron chi connectivity index (χ3n) is 3.58. The van der Waals surface area contributed by atoms with Crippen LogP contribution in [0.25, 0.3) is 0 Å². The van der Waals surface area contributed by atoms with Crippen molar-refractivity contribution in [1.29, 1.82) is 0 Å². The summed E-state index contributed by atoms with van der Waals surface area (Å²) < 4.78 is 5.70. The van der Waals surface area contributed by atoms with Gasteiger partial charge in [-0.1, -0.05) is 18.2 Å². The molecule has 0 aliphatic heterocycles. The summed E-state index contributed by atoms with van der Waals surface area (Å²) in [4.78, 5) is 5.87. The first-order chi connectivity index (χ1) is 11.7. The second kappa shape index (κ2) is 8.42. The predicted molar refractivity (Wildman–Crippen MR) is 102 cm³/mol. The molecular weight excluding hydrogens is 336 g/mol. The van der Waals surface area contributed by atoms with Gasteiger partial charge in [0, 0.05) is 29.4 Å². The maximum absolute atomic E-state index is 5.70. The Morgan fingerprint density at radius 2 is 1.92 bits per heavy atom. The van der Waals surface area contributed by atoms with Crippen LogP contribution in [0.1, 0.15) is 35.3 Å². The lowest BCUT2D eigenvalue weighted by Crippen LogP contribution is -2.22. The van der Waals surface area contributed by atoms with Crippen molar-refractivity contribution in [2.24, 2.45) is 0 Å². The highest BCUT2D eigenvalue weighted by atomic mass is 32.1. The lowest BCUT2D eigenvalue weighted by Gasteiger charge is -2.16. The average molecular weight is 359 g/mol. The van der Waals surface area contributed by atoms with Crippen molar-refractivity contribution < 1.29 is 4.74 Å². The van der Waals surface area contributed by atoms with E-state index >= 15 is 0 Å². The molecule has 5 heteroatoms. The van der Waals surface area contributed by atoms with Gasteiger partial charge in [0.05, 0.1) is 12.1 Å². The van der Waals surface area contributed by atoms with Crippen molar-refractivity contribution >= 4 is 22.7 Å². The molecule has 1 atom stereocenters. The summed E-state index contributed by atoms with van der Waals surface area (Å²) in [5.74, 6) is 0.920. The van der Waals surface area contributed by atoms with Gasteiger partial charge in [-0.25, -0.2) is 4.98 Å². The minimum absolute atomic E-state index is 0.203. The van der Waals surface area contributed by atoms with Gasteiger partial charge in [0.15, 0.2) is 0 Å². The Morgan fingerprint density at radius 1 is 1.08 bits per heavy atom. The molecule has 0 radical (unpaired) electrons. The number of thiazole rings is 1.